The van der Waals surface area contributed by atoms with Crippen molar-refractivity contribution in [2.45, 2.75) is 38.6 Å². The molecule has 138 valence electrons. The summed E-state index contributed by atoms with van der Waals surface area (Å²) in [5, 5.41) is 16.0. The first-order valence-corrected chi connectivity index (χ1v) is 8.99. The van der Waals surface area contributed by atoms with Gasteiger partial charge < -0.3 is 20.5 Å². The highest BCUT2D eigenvalue weighted by molar-refractivity contribution is 5.94. The third-order valence-corrected chi connectivity index (χ3v) is 4.46. The predicted octanol–water partition coefficient (Wildman–Crippen LogP) is 2.62. The lowest BCUT2D eigenvalue weighted by Crippen LogP contribution is -2.30. The third-order valence-electron chi connectivity index (χ3n) is 4.46. The molecule has 1 aromatic carbocycles. The van der Waals surface area contributed by atoms with E-state index in [1.54, 1.807) is 24.8 Å². The Balaban J connectivity index is 1.42. The quantitative estimate of drug-likeness (QED) is 0.664. The Hall–Kier alpha value is -2.90. The van der Waals surface area contributed by atoms with Gasteiger partial charge in [-0.25, -0.2) is 4.79 Å². The maximum absolute atomic E-state index is 12.2. The molecule has 0 aliphatic heterocycles. The zero-order chi connectivity index (χ0) is 18.2. The Kier molecular flexibility index (Phi) is 6.19. The molecule has 1 aromatic heterocycles. The Morgan fingerprint density at radius 3 is 2.50 bits per heavy atom. The lowest BCUT2D eigenvalue weighted by atomic mass is 10.1. The molecule has 1 heterocycles. The molecule has 3 amide bonds. The van der Waals surface area contributed by atoms with Crippen molar-refractivity contribution in [3.63, 3.8) is 0 Å². The van der Waals surface area contributed by atoms with Gasteiger partial charge in [-0.1, -0.05) is 18.9 Å². The van der Waals surface area contributed by atoms with Crippen molar-refractivity contribution in [2.75, 3.05) is 17.2 Å². The Bertz CT molecular complexity index is 725. The van der Waals surface area contributed by atoms with Crippen molar-refractivity contribution in [1.82, 2.24) is 20.1 Å². The van der Waals surface area contributed by atoms with Crippen molar-refractivity contribution in [3.05, 3.63) is 36.9 Å². The second-order valence-electron chi connectivity index (χ2n) is 6.49. The van der Waals surface area contributed by atoms with Gasteiger partial charge in [0.1, 0.15) is 12.7 Å². The fourth-order valence-corrected chi connectivity index (χ4v) is 3.08. The lowest BCUT2D eigenvalue weighted by Gasteiger charge is -2.12. The van der Waals surface area contributed by atoms with E-state index in [0.29, 0.717) is 17.9 Å². The van der Waals surface area contributed by atoms with E-state index >= 15 is 0 Å². The topological polar surface area (TPSA) is 101 Å². The molecular formula is C18H24N6O2. The molecule has 1 aliphatic carbocycles. The predicted molar refractivity (Wildman–Crippen MR) is 98.7 cm³/mol. The number of amides is 3. The molecule has 1 fully saturated rings. The molecule has 1 aliphatic rings. The number of aromatic nitrogens is 3. The number of hydrogen-bond donors (Lipinski definition) is 3. The monoisotopic (exact) mass is 356 g/mol. The van der Waals surface area contributed by atoms with Crippen LogP contribution in [0.3, 0.4) is 0 Å². The number of rotatable bonds is 7. The van der Waals surface area contributed by atoms with Gasteiger partial charge in [0, 0.05) is 30.4 Å². The molecular weight excluding hydrogens is 332 g/mol. The smallest absolute Gasteiger partial charge is 0.319 e. The summed E-state index contributed by atoms with van der Waals surface area (Å²) >= 11 is 0. The van der Waals surface area contributed by atoms with Gasteiger partial charge in [0.25, 0.3) is 0 Å². The normalized spacial score (nSPS) is 14.2. The number of hydrogen-bond acceptors (Lipinski definition) is 4. The van der Waals surface area contributed by atoms with Crippen LogP contribution in [0.25, 0.3) is 0 Å². The van der Waals surface area contributed by atoms with Crippen LogP contribution in [0.5, 0.6) is 0 Å². The second kappa shape index (κ2) is 8.98. The largest absolute Gasteiger partial charge is 0.338 e. The molecule has 0 saturated heterocycles. The van der Waals surface area contributed by atoms with Crippen LogP contribution in [0, 0.1) is 5.92 Å². The molecule has 3 rings (SSSR count). The zero-order valence-electron chi connectivity index (χ0n) is 14.6. The summed E-state index contributed by atoms with van der Waals surface area (Å²) < 4.78 is 1.86. The van der Waals surface area contributed by atoms with Crippen molar-refractivity contribution >= 4 is 23.3 Å². The molecule has 2 aromatic rings. The van der Waals surface area contributed by atoms with Gasteiger partial charge in [0.05, 0.1) is 0 Å². The Morgan fingerprint density at radius 1 is 1.08 bits per heavy atom. The SMILES string of the molecule is O=C(NCCCn1cnnc1)Nc1cccc(NC(=O)C2CCCC2)c1. The highest BCUT2D eigenvalue weighted by atomic mass is 16.2. The minimum Gasteiger partial charge on any atom is -0.338 e. The van der Waals surface area contributed by atoms with Crippen molar-refractivity contribution in [3.8, 4) is 0 Å². The number of carbonyl (C=O) groups is 2. The van der Waals surface area contributed by atoms with Crippen LogP contribution < -0.4 is 16.0 Å². The highest BCUT2D eigenvalue weighted by Gasteiger charge is 2.22. The van der Waals surface area contributed by atoms with E-state index in [-0.39, 0.29) is 17.9 Å². The van der Waals surface area contributed by atoms with Crippen LogP contribution in [-0.2, 0) is 11.3 Å². The summed E-state index contributed by atoms with van der Waals surface area (Å²) in [4.78, 5) is 24.2. The average Bonchev–Trinajstić information content (AvgIpc) is 3.33. The molecule has 1 saturated carbocycles. The van der Waals surface area contributed by atoms with Crippen LogP contribution in [0.4, 0.5) is 16.2 Å². The second-order valence-corrected chi connectivity index (χ2v) is 6.49. The molecule has 26 heavy (non-hydrogen) atoms. The van der Waals surface area contributed by atoms with E-state index in [9.17, 15) is 9.59 Å². The fourth-order valence-electron chi connectivity index (χ4n) is 3.08. The van der Waals surface area contributed by atoms with Crippen molar-refractivity contribution < 1.29 is 9.59 Å². The minimum absolute atomic E-state index is 0.0677. The first-order chi connectivity index (χ1) is 12.7. The van der Waals surface area contributed by atoms with E-state index in [0.717, 1.165) is 38.6 Å². The molecule has 8 nitrogen and oxygen atoms in total. The van der Waals surface area contributed by atoms with E-state index in [4.69, 9.17) is 0 Å². The van der Waals surface area contributed by atoms with E-state index in [2.05, 4.69) is 26.1 Å². The van der Waals surface area contributed by atoms with Gasteiger partial charge >= 0.3 is 6.03 Å². The van der Waals surface area contributed by atoms with Crippen LogP contribution >= 0.6 is 0 Å². The maximum atomic E-state index is 12.2. The summed E-state index contributed by atoms with van der Waals surface area (Å²) in [6.07, 6.45) is 8.23. The Morgan fingerprint density at radius 2 is 1.77 bits per heavy atom. The number of benzene rings is 1. The molecule has 0 radical (unpaired) electrons. The van der Waals surface area contributed by atoms with Crippen molar-refractivity contribution in [2.24, 2.45) is 5.92 Å². The fraction of sp³-hybridized carbons (Fsp3) is 0.444. The highest BCUT2D eigenvalue weighted by Crippen LogP contribution is 2.26. The third kappa shape index (κ3) is 5.30. The van der Waals surface area contributed by atoms with Crippen molar-refractivity contribution in [1.29, 1.82) is 0 Å². The average molecular weight is 356 g/mol. The van der Waals surface area contributed by atoms with Gasteiger partial charge in [-0.05, 0) is 37.5 Å². The summed E-state index contributed by atoms with van der Waals surface area (Å²) in [5.41, 5.74) is 1.35. The first kappa shape index (κ1) is 17.9. The number of anilines is 2. The maximum Gasteiger partial charge on any atom is 0.319 e. The van der Waals surface area contributed by atoms with E-state index in [1.807, 2.05) is 16.7 Å². The summed E-state index contributed by atoms with van der Waals surface area (Å²) in [7, 11) is 0. The number of urea groups is 1. The van der Waals surface area contributed by atoms with Crippen LogP contribution in [-0.4, -0.2) is 33.2 Å². The van der Waals surface area contributed by atoms with Gasteiger partial charge in [-0.15, -0.1) is 10.2 Å². The number of aryl methyl sites for hydroxylation is 1. The standard InChI is InChI=1S/C18H24N6O2/c25-17(14-5-1-2-6-14)22-15-7-3-8-16(11-15)23-18(26)19-9-4-10-24-12-20-21-13-24/h3,7-8,11-14H,1-2,4-6,9-10H2,(H,22,25)(H2,19,23,26). The van der Waals surface area contributed by atoms with Gasteiger partial charge in [-0.3, -0.25) is 4.79 Å². The van der Waals surface area contributed by atoms with Gasteiger partial charge in [0.2, 0.25) is 5.91 Å². The van der Waals surface area contributed by atoms with E-state index in [1.165, 1.54) is 0 Å². The molecule has 8 heteroatoms. The molecule has 0 unspecified atom stereocenters. The van der Waals surface area contributed by atoms with Crippen LogP contribution in [0.2, 0.25) is 0 Å². The number of carbonyl (C=O) groups excluding carboxylic acids is 2. The van der Waals surface area contributed by atoms with Gasteiger partial charge in [0.15, 0.2) is 0 Å². The summed E-state index contributed by atoms with van der Waals surface area (Å²) in [6, 6.07) is 6.93. The van der Waals surface area contributed by atoms with Gasteiger partial charge in [-0.2, -0.15) is 0 Å². The number of nitrogens with zero attached hydrogens (tertiary/aromatic N) is 3. The van der Waals surface area contributed by atoms with Crippen LogP contribution in [0.1, 0.15) is 32.1 Å². The number of nitrogens with one attached hydrogen (secondary N) is 3. The molecule has 3 N–H and O–H groups in total. The zero-order valence-corrected chi connectivity index (χ0v) is 14.6. The molecule has 0 bridgehead atoms. The summed E-state index contributed by atoms with van der Waals surface area (Å²) in [6.45, 7) is 1.29. The molecule has 0 atom stereocenters. The Labute approximate surface area is 152 Å². The summed E-state index contributed by atoms with van der Waals surface area (Å²) in [5.74, 6) is 0.179. The molecule has 0 spiro atoms. The van der Waals surface area contributed by atoms with Crippen LogP contribution in [0.15, 0.2) is 36.9 Å². The minimum atomic E-state index is -0.270. The first-order valence-electron chi connectivity index (χ1n) is 8.99. The lowest BCUT2D eigenvalue weighted by molar-refractivity contribution is -0.119. The van der Waals surface area contributed by atoms with E-state index < -0.39 is 0 Å².